The van der Waals surface area contributed by atoms with Gasteiger partial charge in [-0.1, -0.05) is 74.9 Å². The van der Waals surface area contributed by atoms with Gasteiger partial charge in [-0.15, -0.1) is 0 Å². The predicted molar refractivity (Wildman–Crippen MR) is 161 cm³/mol. The average Bonchev–Trinajstić information content (AvgIpc) is 3.57. The number of carbonyl (C=O) groups excluding carboxylic acids is 1. The number of fused-ring (bicyclic) bond motifs is 1. The van der Waals surface area contributed by atoms with Gasteiger partial charge in [-0.3, -0.25) is 19.5 Å². The van der Waals surface area contributed by atoms with E-state index < -0.39 is 16.9 Å². The maximum absolute atomic E-state index is 14.0. The molecule has 0 aliphatic carbocycles. The molecular formula is C32H31N3O6S. The zero-order chi connectivity index (χ0) is 30.0. The number of carbonyl (C=O) groups is 1. The Hall–Kier alpha value is -4.57. The largest absolute Gasteiger partial charge is 0.463 e. The molecule has 2 aromatic carbocycles. The maximum atomic E-state index is 14.0. The molecule has 4 aromatic rings. The van der Waals surface area contributed by atoms with Crippen LogP contribution in [0.15, 0.2) is 86.1 Å². The highest BCUT2D eigenvalue weighted by molar-refractivity contribution is 7.07. The molecule has 0 fully saturated rings. The molecule has 1 atom stereocenters. The number of non-ortho nitro benzene ring substituents is 1. The number of nitrogens with zero attached hydrogens (tertiary/aromatic N) is 3. The maximum Gasteiger partial charge on any atom is 0.338 e. The molecule has 0 saturated heterocycles. The van der Waals surface area contributed by atoms with E-state index in [1.165, 1.54) is 23.5 Å². The van der Waals surface area contributed by atoms with Crippen LogP contribution in [0.1, 0.15) is 69.4 Å². The van der Waals surface area contributed by atoms with Gasteiger partial charge >= 0.3 is 5.97 Å². The van der Waals surface area contributed by atoms with Gasteiger partial charge in [0.15, 0.2) is 4.80 Å². The molecule has 1 aliphatic heterocycles. The summed E-state index contributed by atoms with van der Waals surface area (Å²) in [7, 11) is 0. The Bertz CT molecular complexity index is 1860. The van der Waals surface area contributed by atoms with Gasteiger partial charge in [-0.25, -0.2) is 9.79 Å². The van der Waals surface area contributed by atoms with Crippen LogP contribution in [-0.2, 0) is 9.53 Å². The highest BCUT2D eigenvalue weighted by atomic mass is 32.1. The second kappa shape index (κ2) is 12.1. The Morgan fingerprint density at radius 1 is 1.17 bits per heavy atom. The van der Waals surface area contributed by atoms with Crippen molar-refractivity contribution < 1.29 is 18.9 Å². The predicted octanol–water partition coefficient (Wildman–Crippen LogP) is 5.87. The molecule has 0 saturated carbocycles. The zero-order valence-electron chi connectivity index (χ0n) is 23.8. The van der Waals surface area contributed by atoms with Crippen LogP contribution >= 0.6 is 11.3 Å². The van der Waals surface area contributed by atoms with Gasteiger partial charge in [0.1, 0.15) is 11.5 Å². The second-order valence-electron chi connectivity index (χ2n) is 10.2. The fraction of sp³-hybridized carbons (Fsp3) is 0.281. The van der Waals surface area contributed by atoms with Gasteiger partial charge < -0.3 is 9.15 Å². The van der Waals surface area contributed by atoms with Crippen LogP contribution in [0.4, 0.5) is 5.69 Å². The summed E-state index contributed by atoms with van der Waals surface area (Å²) in [6, 6.07) is 16.9. The molecule has 42 heavy (non-hydrogen) atoms. The minimum Gasteiger partial charge on any atom is -0.463 e. The standard InChI is InChI=1S/C32H31N3O6S/c1-5-8-25-28(31(37)40-6-2)29(21-13-11-20(12-14-21)19(3)4)34-30(36)27(42-32(34)33-25)18-24-15-16-26(41-24)22-9-7-10-23(17-22)35(38)39/h7,9-19,29H,5-6,8H2,1-4H3/b27-18-. The third-order valence-corrected chi connectivity index (χ3v) is 8.04. The minimum absolute atomic E-state index is 0.0412. The SMILES string of the molecule is CCCC1=C(C(=O)OCC)C(c2ccc(C(C)C)cc2)n2c(s/c(=C\c3ccc(-c4cccc([N+](=O)[O-])c4)o3)c2=O)=N1. The molecule has 0 radical (unpaired) electrons. The van der Waals surface area contributed by atoms with E-state index in [2.05, 4.69) is 13.8 Å². The Morgan fingerprint density at radius 3 is 2.60 bits per heavy atom. The lowest BCUT2D eigenvalue weighted by Crippen LogP contribution is -2.40. The summed E-state index contributed by atoms with van der Waals surface area (Å²) in [5.41, 5.74) is 3.15. The summed E-state index contributed by atoms with van der Waals surface area (Å²) in [4.78, 5) is 43.3. The van der Waals surface area contributed by atoms with Gasteiger partial charge in [0.05, 0.1) is 33.4 Å². The Balaban J connectivity index is 1.65. The van der Waals surface area contributed by atoms with Gasteiger partial charge in [0.2, 0.25) is 0 Å². The van der Waals surface area contributed by atoms with Gasteiger partial charge in [-0.05, 0) is 42.5 Å². The molecule has 1 aliphatic rings. The molecule has 5 rings (SSSR count). The highest BCUT2D eigenvalue weighted by Crippen LogP contribution is 2.33. The first-order valence-electron chi connectivity index (χ1n) is 13.9. The number of esters is 1. The molecule has 0 amide bonds. The number of benzene rings is 2. The van der Waals surface area contributed by atoms with Crippen LogP contribution in [-0.4, -0.2) is 22.1 Å². The van der Waals surface area contributed by atoms with Crippen LogP contribution in [0.2, 0.25) is 0 Å². The molecule has 9 nitrogen and oxygen atoms in total. The number of furan rings is 1. The highest BCUT2D eigenvalue weighted by Gasteiger charge is 2.34. The number of allylic oxidation sites excluding steroid dienone is 1. The van der Waals surface area contributed by atoms with Crippen LogP contribution in [0.25, 0.3) is 17.4 Å². The molecule has 0 N–H and O–H groups in total. The Morgan fingerprint density at radius 2 is 1.93 bits per heavy atom. The van der Waals surface area contributed by atoms with Crippen molar-refractivity contribution in [3.8, 4) is 11.3 Å². The average molecular weight is 586 g/mol. The van der Waals surface area contributed by atoms with Crippen LogP contribution in [0.5, 0.6) is 0 Å². The normalized spacial score (nSPS) is 15.1. The third-order valence-electron chi connectivity index (χ3n) is 7.05. The van der Waals surface area contributed by atoms with E-state index in [-0.39, 0.29) is 17.9 Å². The van der Waals surface area contributed by atoms with E-state index in [0.29, 0.717) is 50.0 Å². The Labute approximate surface area is 246 Å². The summed E-state index contributed by atoms with van der Waals surface area (Å²) in [5.74, 6) is 0.704. The summed E-state index contributed by atoms with van der Waals surface area (Å²) in [6.07, 6.45) is 2.96. The molecule has 2 aromatic heterocycles. The van der Waals surface area contributed by atoms with Gasteiger partial charge in [-0.2, -0.15) is 0 Å². The quantitative estimate of drug-likeness (QED) is 0.138. The number of hydrogen-bond acceptors (Lipinski definition) is 8. The van der Waals surface area contributed by atoms with Gasteiger partial charge in [0.25, 0.3) is 11.2 Å². The number of rotatable bonds is 9. The number of hydrogen-bond donors (Lipinski definition) is 0. The first kappa shape index (κ1) is 28.9. The third kappa shape index (κ3) is 5.62. The molecular weight excluding hydrogens is 554 g/mol. The lowest BCUT2D eigenvalue weighted by Gasteiger charge is -2.26. The summed E-state index contributed by atoms with van der Waals surface area (Å²) in [5, 5.41) is 11.2. The molecule has 3 heterocycles. The number of nitro benzene ring substituents is 1. The minimum atomic E-state index is -0.692. The number of nitro groups is 1. The fourth-order valence-corrected chi connectivity index (χ4v) is 5.99. The van der Waals surface area contributed by atoms with Crippen molar-refractivity contribution in [1.29, 1.82) is 0 Å². The smallest absolute Gasteiger partial charge is 0.338 e. The first-order valence-corrected chi connectivity index (χ1v) is 14.7. The van der Waals surface area contributed by atoms with E-state index in [4.69, 9.17) is 14.1 Å². The van der Waals surface area contributed by atoms with Crippen LogP contribution in [0.3, 0.4) is 0 Å². The Kier molecular flexibility index (Phi) is 8.35. The van der Waals surface area contributed by atoms with Crippen molar-refractivity contribution in [1.82, 2.24) is 4.57 Å². The molecule has 216 valence electrons. The molecule has 0 bridgehead atoms. The zero-order valence-corrected chi connectivity index (χ0v) is 24.6. The lowest BCUT2D eigenvalue weighted by atomic mass is 9.92. The van der Waals surface area contributed by atoms with Crippen molar-refractivity contribution in [3.63, 3.8) is 0 Å². The molecule has 10 heteroatoms. The molecule has 0 spiro atoms. The number of thiazole rings is 1. The van der Waals surface area contributed by atoms with E-state index in [1.54, 1.807) is 41.8 Å². The van der Waals surface area contributed by atoms with Crippen LogP contribution < -0.4 is 14.9 Å². The van der Waals surface area contributed by atoms with E-state index >= 15 is 0 Å². The van der Waals surface area contributed by atoms with Crippen molar-refractivity contribution in [2.24, 2.45) is 4.99 Å². The summed E-state index contributed by atoms with van der Waals surface area (Å²) < 4.78 is 13.4. The molecule has 1 unspecified atom stereocenters. The van der Waals surface area contributed by atoms with Crippen molar-refractivity contribution in [3.05, 3.63) is 119 Å². The van der Waals surface area contributed by atoms with Crippen molar-refractivity contribution in [2.75, 3.05) is 6.61 Å². The first-order chi connectivity index (χ1) is 20.2. The van der Waals surface area contributed by atoms with Gasteiger partial charge in [0, 0.05) is 23.8 Å². The topological polar surface area (TPSA) is 117 Å². The van der Waals surface area contributed by atoms with E-state index in [9.17, 15) is 19.7 Å². The summed E-state index contributed by atoms with van der Waals surface area (Å²) in [6.45, 7) is 8.20. The fourth-order valence-electron chi connectivity index (χ4n) is 4.99. The number of aromatic nitrogens is 1. The lowest BCUT2D eigenvalue weighted by molar-refractivity contribution is -0.384. The van der Waals surface area contributed by atoms with Crippen LogP contribution in [0, 0.1) is 10.1 Å². The van der Waals surface area contributed by atoms with E-state index in [0.717, 1.165) is 17.5 Å². The van der Waals surface area contributed by atoms with E-state index in [1.807, 2.05) is 31.2 Å². The monoisotopic (exact) mass is 585 g/mol. The summed E-state index contributed by atoms with van der Waals surface area (Å²) >= 11 is 1.22. The van der Waals surface area contributed by atoms with Crippen molar-refractivity contribution >= 4 is 29.1 Å². The second-order valence-corrected chi connectivity index (χ2v) is 11.3. The number of ether oxygens (including phenoxy) is 1. The van der Waals surface area contributed by atoms with Crippen molar-refractivity contribution in [2.45, 2.75) is 52.5 Å².